The molecule has 1 fully saturated rings. The largest absolute Gasteiger partial charge is 0.376 e. The number of carbonyl (C=O) groups excluding carboxylic acids is 1. The summed E-state index contributed by atoms with van der Waals surface area (Å²) in [6.07, 6.45) is 6.65. The van der Waals surface area contributed by atoms with Crippen molar-refractivity contribution < 1.29 is 4.79 Å². The van der Waals surface area contributed by atoms with Crippen LogP contribution in [-0.2, 0) is 11.3 Å². The lowest BCUT2D eigenvalue weighted by Crippen LogP contribution is -2.33. The van der Waals surface area contributed by atoms with E-state index in [4.69, 9.17) is 0 Å². The number of para-hydroxylation sites is 1. The van der Waals surface area contributed by atoms with Crippen LogP contribution >= 0.6 is 0 Å². The van der Waals surface area contributed by atoms with Crippen molar-refractivity contribution in [3.8, 4) is 0 Å². The van der Waals surface area contributed by atoms with Crippen molar-refractivity contribution in [2.24, 2.45) is 0 Å². The summed E-state index contributed by atoms with van der Waals surface area (Å²) in [6.45, 7) is 5.25. The van der Waals surface area contributed by atoms with E-state index < -0.39 is 0 Å². The lowest BCUT2D eigenvalue weighted by Gasteiger charge is -2.31. The van der Waals surface area contributed by atoms with E-state index in [1.165, 1.54) is 43.2 Å². The zero-order valence-electron chi connectivity index (χ0n) is 17.4. The molecule has 4 nitrogen and oxygen atoms in total. The predicted molar refractivity (Wildman–Crippen MR) is 118 cm³/mol. The Balaban J connectivity index is 1.57. The molecule has 1 amide bonds. The number of benzene rings is 2. The Hall–Kier alpha value is -2.33. The molecule has 0 saturated heterocycles. The quantitative estimate of drug-likeness (QED) is 0.702. The average molecular weight is 380 g/mol. The van der Waals surface area contributed by atoms with Crippen molar-refractivity contribution >= 4 is 17.3 Å². The number of nitrogens with one attached hydrogen (secondary N) is 2. The van der Waals surface area contributed by atoms with E-state index in [2.05, 4.69) is 53.8 Å². The van der Waals surface area contributed by atoms with Crippen LogP contribution in [0.4, 0.5) is 11.4 Å². The standard InChI is InChI=1S/C24H33N3O/c1-18-13-14-22(19(2)15-18)26-24(28)16-25-23-12-8-7-9-20(23)17-27(3)21-10-5-4-6-11-21/h7-9,12-15,21,25H,4-6,10-11,16-17H2,1-3H3,(H,26,28). The van der Waals surface area contributed by atoms with Crippen LogP contribution in [0.3, 0.4) is 0 Å². The van der Waals surface area contributed by atoms with Crippen LogP contribution in [0, 0.1) is 13.8 Å². The first kappa shape index (κ1) is 20.4. The van der Waals surface area contributed by atoms with E-state index in [-0.39, 0.29) is 12.5 Å². The number of hydrogen-bond acceptors (Lipinski definition) is 3. The van der Waals surface area contributed by atoms with Gasteiger partial charge in [0.15, 0.2) is 0 Å². The number of hydrogen-bond donors (Lipinski definition) is 2. The van der Waals surface area contributed by atoms with E-state index >= 15 is 0 Å². The SMILES string of the molecule is Cc1ccc(NC(=O)CNc2ccccc2CN(C)C2CCCCC2)c(C)c1. The zero-order valence-corrected chi connectivity index (χ0v) is 17.4. The Morgan fingerprint density at radius 2 is 1.79 bits per heavy atom. The molecule has 3 rings (SSSR count). The monoisotopic (exact) mass is 379 g/mol. The number of anilines is 2. The molecular weight excluding hydrogens is 346 g/mol. The van der Waals surface area contributed by atoms with Crippen LogP contribution in [0.2, 0.25) is 0 Å². The molecule has 2 N–H and O–H groups in total. The second-order valence-corrected chi connectivity index (χ2v) is 8.08. The molecule has 28 heavy (non-hydrogen) atoms. The lowest BCUT2D eigenvalue weighted by molar-refractivity contribution is -0.114. The van der Waals surface area contributed by atoms with Gasteiger partial charge in [0.2, 0.25) is 5.91 Å². The Morgan fingerprint density at radius 1 is 1.04 bits per heavy atom. The molecule has 0 aliphatic heterocycles. The van der Waals surface area contributed by atoms with Crippen LogP contribution in [0.15, 0.2) is 42.5 Å². The molecule has 2 aromatic rings. The van der Waals surface area contributed by atoms with Crippen LogP contribution in [0.1, 0.15) is 48.8 Å². The number of aryl methyl sites for hydroxylation is 2. The molecule has 0 aromatic heterocycles. The van der Waals surface area contributed by atoms with Gasteiger partial charge in [0.1, 0.15) is 0 Å². The summed E-state index contributed by atoms with van der Waals surface area (Å²) < 4.78 is 0. The molecule has 0 unspecified atom stereocenters. The molecule has 0 atom stereocenters. The van der Waals surface area contributed by atoms with Crippen molar-refractivity contribution in [2.45, 2.75) is 58.5 Å². The van der Waals surface area contributed by atoms with Gasteiger partial charge >= 0.3 is 0 Å². The van der Waals surface area contributed by atoms with Crippen LogP contribution in [0.25, 0.3) is 0 Å². The van der Waals surface area contributed by atoms with Crippen molar-refractivity contribution in [2.75, 3.05) is 24.2 Å². The van der Waals surface area contributed by atoms with E-state index in [9.17, 15) is 4.79 Å². The minimum atomic E-state index is -0.0256. The summed E-state index contributed by atoms with van der Waals surface area (Å²) in [5.74, 6) is -0.0256. The average Bonchev–Trinajstić information content (AvgIpc) is 2.70. The summed E-state index contributed by atoms with van der Waals surface area (Å²) in [4.78, 5) is 14.9. The van der Waals surface area contributed by atoms with Gasteiger partial charge in [-0.2, -0.15) is 0 Å². The van der Waals surface area contributed by atoms with Gasteiger partial charge in [-0.3, -0.25) is 9.69 Å². The first-order valence-electron chi connectivity index (χ1n) is 10.4. The Labute approximate surface area is 169 Å². The van der Waals surface area contributed by atoms with Crippen LogP contribution in [-0.4, -0.2) is 30.4 Å². The van der Waals surface area contributed by atoms with Gasteiger partial charge in [-0.1, -0.05) is 55.2 Å². The summed E-state index contributed by atoms with van der Waals surface area (Å²) in [7, 11) is 2.22. The summed E-state index contributed by atoms with van der Waals surface area (Å²) in [6, 6.07) is 15.1. The number of amides is 1. The van der Waals surface area contributed by atoms with Crippen molar-refractivity contribution in [1.29, 1.82) is 0 Å². The fourth-order valence-electron chi connectivity index (χ4n) is 4.07. The molecule has 0 bridgehead atoms. The van der Waals surface area contributed by atoms with E-state index in [0.717, 1.165) is 23.5 Å². The maximum Gasteiger partial charge on any atom is 0.243 e. The topological polar surface area (TPSA) is 44.4 Å². The van der Waals surface area contributed by atoms with Gasteiger partial charge in [-0.15, -0.1) is 0 Å². The normalized spacial score (nSPS) is 14.9. The lowest BCUT2D eigenvalue weighted by atomic mass is 9.94. The molecule has 1 aliphatic carbocycles. The first-order chi connectivity index (χ1) is 13.5. The molecule has 1 aliphatic rings. The molecule has 0 heterocycles. The second-order valence-electron chi connectivity index (χ2n) is 8.08. The summed E-state index contributed by atoms with van der Waals surface area (Å²) >= 11 is 0. The summed E-state index contributed by atoms with van der Waals surface area (Å²) in [5, 5.41) is 6.34. The molecule has 2 aromatic carbocycles. The Bertz CT molecular complexity index is 796. The molecule has 1 saturated carbocycles. The van der Waals surface area contributed by atoms with Gasteiger partial charge in [-0.25, -0.2) is 0 Å². The van der Waals surface area contributed by atoms with Gasteiger partial charge in [0.05, 0.1) is 6.54 Å². The third kappa shape index (κ3) is 5.59. The fraction of sp³-hybridized carbons (Fsp3) is 0.458. The molecule has 0 radical (unpaired) electrons. The highest BCUT2D eigenvalue weighted by molar-refractivity contribution is 5.94. The van der Waals surface area contributed by atoms with Crippen LogP contribution < -0.4 is 10.6 Å². The highest BCUT2D eigenvalue weighted by Gasteiger charge is 2.18. The number of rotatable bonds is 7. The molecule has 4 heteroatoms. The van der Waals surface area contributed by atoms with Crippen LogP contribution in [0.5, 0.6) is 0 Å². The third-order valence-corrected chi connectivity index (χ3v) is 5.73. The molecule has 0 spiro atoms. The maximum atomic E-state index is 12.4. The van der Waals surface area contributed by atoms with Gasteiger partial charge < -0.3 is 10.6 Å². The van der Waals surface area contributed by atoms with Crippen molar-refractivity contribution in [1.82, 2.24) is 4.90 Å². The second kappa shape index (κ2) is 9.74. The predicted octanol–water partition coefficient (Wildman–Crippen LogP) is 5.12. The Kier molecular flexibility index (Phi) is 7.10. The Morgan fingerprint density at radius 3 is 2.54 bits per heavy atom. The molecular formula is C24H33N3O. The van der Waals surface area contributed by atoms with Gasteiger partial charge in [-0.05, 0) is 57.0 Å². The highest BCUT2D eigenvalue weighted by Crippen LogP contribution is 2.25. The smallest absolute Gasteiger partial charge is 0.243 e. The van der Waals surface area contributed by atoms with Gasteiger partial charge in [0, 0.05) is 24.0 Å². The zero-order chi connectivity index (χ0) is 19.9. The molecule has 150 valence electrons. The van der Waals surface area contributed by atoms with Crippen molar-refractivity contribution in [3.63, 3.8) is 0 Å². The van der Waals surface area contributed by atoms with Gasteiger partial charge in [0.25, 0.3) is 0 Å². The third-order valence-electron chi connectivity index (χ3n) is 5.73. The highest BCUT2D eigenvalue weighted by atomic mass is 16.1. The number of carbonyl (C=O) groups is 1. The summed E-state index contributed by atoms with van der Waals surface area (Å²) in [5.41, 5.74) is 5.45. The minimum Gasteiger partial charge on any atom is -0.376 e. The minimum absolute atomic E-state index is 0.0256. The van der Waals surface area contributed by atoms with Crippen molar-refractivity contribution in [3.05, 3.63) is 59.2 Å². The van der Waals surface area contributed by atoms with E-state index in [1.54, 1.807) is 0 Å². The maximum absolute atomic E-state index is 12.4. The fourth-order valence-corrected chi connectivity index (χ4v) is 4.07. The van der Waals surface area contributed by atoms with E-state index in [0.29, 0.717) is 6.04 Å². The number of nitrogens with zero attached hydrogens (tertiary/aromatic N) is 1. The first-order valence-corrected chi connectivity index (χ1v) is 10.4. The van der Waals surface area contributed by atoms with E-state index in [1.807, 2.05) is 25.1 Å².